The van der Waals surface area contributed by atoms with E-state index in [1.165, 1.54) is 12.1 Å². The van der Waals surface area contributed by atoms with Gasteiger partial charge in [-0.2, -0.15) is 18.3 Å². The first-order chi connectivity index (χ1) is 16.4. The summed E-state index contributed by atoms with van der Waals surface area (Å²) in [6.07, 6.45) is -4.79. The summed E-state index contributed by atoms with van der Waals surface area (Å²) in [5.74, 6) is -2.13. The number of hydrogen-bond donors (Lipinski definition) is 2. The summed E-state index contributed by atoms with van der Waals surface area (Å²) in [5, 5.41) is 7.05. The van der Waals surface area contributed by atoms with Crippen molar-refractivity contribution in [1.29, 1.82) is 0 Å². The molecular formula is C23H19F4N5O2S. The number of nitrogens with one attached hydrogen (secondary N) is 1. The van der Waals surface area contributed by atoms with Crippen LogP contribution >= 0.6 is 11.3 Å². The molecule has 35 heavy (non-hydrogen) atoms. The third kappa shape index (κ3) is 4.36. The quantitative estimate of drug-likeness (QED) is 0.359. The van der Waals surface area contributed by atoms with E-state index >= 15 is 0 Å². The second-order valence-electron chi connectivity index (χ2n) is 7.73. The summed E-state index contributed by atoms with van der Waals surface area (Å²) < 4.78 is 56.0. The van der Waals surface area contributed by atoms with Crippen molar-refractivity contribution in [3.63, 3.8) is 0 Å². The van der Waals surface area contributed by atoms with Crippen LogP contribution in [0.15, 0.2) is 30.3 Å². The van der Waals surface area contributed by atoms with Crippen molar-refractivity contribution >= 4 is 39.1 Å². The number of fused-ring (bicyclic) bond motifs is 1. The maximum Gasteiger partial charge on any atom is 0.433 e. The SMILES string of the molecule is CCn1nc(C)c(C(=O)Nc2c(C(N)=O)sc3nc(C(F)(F)F)cc(-c4ccc(F)cc4)c23)c1C. The second kappa shape index (κ2) is 8.77. The molecule has 0 aliphatic rings. The molecule has 182 valence electrons. The Morgan fingerprint density at radius 2 is 1.83 bits per heavy atom. The Kier molecular flexibility index (Phi) is 6.09. The Bertz CT molecular complexity index is 1470. The molecule has 4 aromatic rings. The third-order valence-electron chi connectivity index (χ3n) is 5.48. The summed E-state index contributed by atoms with van der Waals surface area (Å²) in [5.41, 5.74) is 5.79. The molecule has 0 bridgehead atoms. The Hall–Kier alpha value is -3.80. The van der Waals surface area contributed by atoms with Crippen LogP contribution in [0.3, 0.4) is 0 Å². The van der Waals surface area contributed by atoms with Crippen LogP contribution < -0.4 is 11.1 Å². The average molecular weight is 505 g/mol. The Morgan fingerprint density at radius 3 is 2.37 bits per heavy atom. The lowest BCUT2D eigenvalue weighted by Gasteiger charge is -2.12. The average Bonchev–Trinajstić information content (AvgIpc) is 3.29. The summed E-state index contributed by atoms with van der Waals surface area (Å²) in [7, 11) is 0. The van der Waals surface area contributed by atoms with Crippen molar-refractivity contribution in [1.82, 2.24) is 14.8 Å². The first-order valence-corrected chi connectivity index (χ1v) is 11.2. The van der Waals surface area contributed by atoms with Crippen molar-refractivity contribution in [2.24, 2.45) is 5.73 Å². The van der Waals surface area contributed by atoms with Crippen LogP contribution in [0.2, 0.25) is 0 Å². The minimum atomic E-state index is -4.79. The number of aromatic nitrogens is 3. The fourth-order valence-corrected chi connectivity index (χ4v) is 4.91. The number of carbonyl (C=O) groups is 2. The molecule has 1 aromatic carbocycles. The molecule has 3 heterocycles. The van der Waals surface area contributed by atoms with Gasteiger partial charge in [0.2, 0.25) is 0 Å². The maximum absolute atomic E-state index is 13.6. The van der Waals surface area contributed by atoms with Gasteiger partial charge in [-0.25, -0.2) is 9.37 Å². The van der Waals surface area contributed by atoms with Crippen LogP contribution in [0.5, 0.6) is 0 Å². The van der Waals surface area contributed by atoms with Crippen LogP contribution in [-0.4, -0.2) is 26.6 Å². The minimum absolute atomic E-state index is 0.0130. The van der Waals surface area contributed by atoms with E-state index in [-0.39, 0.29) is 37.5 Å². The molecule has 0 radical (unpaired) electrons. The lowest BCUT2D eigenvalue weighted by molar-refractivity contribution is -0.140. The molecule has 0 saturated carbocycles. The first-order valence-electron chi connectivity index (χ1n) is 10.4. The maximum atomic E-state index is 13.6. The fraction of sp³-hybridized carbons (Fsp3) is 0.217. The highest BCUT2D eigenvalue weighted by Crippen LogP contribution is 2.43. The van der Waals surface area contributed by atoms with E-state index in [4.69, 9.17) is 5.73 Å². The number of nitrogens with zero attached hydrogens (tertiary/aromatic N) is 3. The number of anilines is 1. The molecule has 2 amide bonds. The zero-order valence-corrected chi connectivity index (χ0v) is 19.6. The van der Waals surface area contributed by atoms with Crippen molar-refractivity contribution in [3.8, 4) is 11.1 Å². The molecule has 3 aromatic heterocycles. The van der Waals surface area contributed by atoms with E-state index in [1.807, 2.05) is 6.92 Å². The highest BCUT2D eigenvalue weighted by atomic mass is 32.1. The van der Waals surface area contributed by atoms with E-state index in [0.29, 0.717) is 29.3 Å². The number of benzene rings is 1. The van der Waals surface area contributed by atoms with Gasteiger partial charge in [-0.05, 0) is 50.1 Å². The topological polar surface area (TPSA) is 103 Å². The van der Waals surface area contributed by atoms with Gasteiger partial charge in [-0.1, -0.05) is 12.1 Å². The number of pyridine rings is 1. The van der Waals surface area contributed by atoms with E-state index < -0.39 is 29.5 Å². The van der Waals surface area contributed by atoms with Crippen molar-refractivity contribution in [3.05, 3.63) is 63.7 Å². The van der Waals surface area contributed by atoms with Gasteiger partial charge >= 0.3 is 6.18 Å². The smallest absolute Gasteiger partial charge is 0.365 e. The predicted molar refractivity (Wildman–Crippen MR) is 124 cm³/mol. The Balaban J connectivity index is 1.98. The van der Waals surface area contributed by atoms with Gasteiger partial charge in [0.05, 0.1) is 16.9 Å². The molecular weight excluding hydrogens is 486 g/mol. The van der Waals surface area contributed by atoms with E-state index in [2.05, 4.69) is 15.4 Å². The van der Waals surface area contributed by atoms with Gasteiger partial charge < -0.3 is 11.1 Å². The van der Waals surface area contributed by atoms with E-state index in [9.17, 15) is 27.2 Å². The Morgan fingerprint density at radius 1 is 1.17 bits per heavy atom. The fourth-order valence-electron chi connectivity index (χ4n) is 3.90. The molecule has 0 atom stereocenters. The number of aryl methyl sites for hydroxylation is 2. The number of halogens is 4. The molecule has 0 aliphatic heterocycles. The normalized spacial score (nSPS) is 11.7. The van der Waals surface area contributed by atoms with Gasteiger partial charge in [0.1, 0.15) is 21.2 Å². The van der Waals surface area contributed by atoms with Crippen LogP contribution in [0.25, 0.3) is 21.3 Å². The van der Waals surface area contributed by atoms with Gasteiger partial charge in [-0.15, -0.1) is 11.3 Å². The van der Waals surface area contributed by atoms with Gasteiger partial charge in [0.25, 0.3) is 11.8 Å². The molecule has 12 heteroatoms. The number of primary amides is 1. The number of rotatable bonds is 5. The lowest BCUT2D eigenvalue weighted by Crippen LogP contribution is -2.18. The number of alkyl halides is 3. The van der Waals surface area contributed by atoms with Gasteiger partial charge in [0.15, 0.2) is 0 Å². The van der Waals surface area contributed by atoms with Crippen molar-refractivity contribution in [2.45, 2.75) is 33.5 Å². The number of hydrogen-bond acceptors (Lipinski definition) is 5. The van der Waals surface area contributed by atoms with Gasteiger partial charge in [-0.3, -0.25) is 14.3 Å². The van der Waals surface area contributed by atoms with E-state index in [0.717, 1.165) is 18.2 Å². The molecule has 0 spiro atoms. The number of nitrogens with two attached hydrogens (primary N) is 1. The number of thiophene rings is 1. The van der Waals surface area contributed by atoms with Crippen LogP contribution in [0.4, 0.5) is 23.2 Å². The molecule has 0 fully saturated rings. The van der Waals surface area contributed by atoms with Crippen LogP contribution in [0.1, 0.15) is 44.0 Å². The van der Waals surface area contributed by atoms with Gasteiger partial charge in [0, 0.05) is 17.6 Å². The van der Waals surface area contributed by atoms with Crippen LogP contribution in [-0.2, 0) is 12.7 Å². The molecule has 0 unspecified atom stereocenters. The largest absolute Gasteiger partial charge is 0.433 e. The molecule has 0 aliphatic carbocycles. The zero-order chi connectivity index (χ0) is 25.7. The highest BCUT2D eigenvalue weighted by molar-refractivity contribution is 7.21. The highest BCUT2D eigenvalue weighted by Gasteiger charge is 2.35. The summed E-state index contributed by atoms with van der Waals surface area (Å²) >= 11 is 0.634. The molecule has 4 rings (SSSR count). The second-order valence-corrected chi connectivity index (χ2v) is 8.73. The van der Waals surface area contributed by atoms with Crippen molar-refractivity contribution in [2.75, 3.05) is 5.32 Å². The summed E-state index contributed by atoms with van der Waals surface area (Å²) in [4.78, 5) is 28.9. The molecule has 3 N–H and O–H groups in total. The molecule has 0 saturated heterocycles. The lowest BCUT2D eigenvalue weighted by atomic mass is 10.0. The summed E-state index contributed by atoms with van der Waals surface area (Å²) in [6, 6.07) is 5.60. The first kappa shape index (κ1) is 24.3. The number of carbonyl (C=O) groups excluding carboxylic acids is 2. The third-order valence-corrected chi connectivity index (χ3v) is 6.58. The van der Waals surface area contributed by atoms with Crippen molar-refractivity contribution < 1.29 is 27.2 Å². The predicted octanol–water partition coefficient (Wildman–Crippen LogP) is 5.31. The monoisotopic (exact) mass is 505 g/mol. The molecule has 7 nitrogen and oxygen atoms in total. The minimum Gasteiger partial charge on any atom is -0.365 e. The Labute approximate surface area is 200 Å². The number of amides is 2. The van der Waals surface area contributed by atoms with Crippen LogP contribution in [0, 0.1) is 19.7 Å². The zero-order valence-electron chi connectivity index (χ0n) is 18.7. The summed E-state index contributed by atoms with van der Waals surface area (Å²) in [6.45, 7) is 5.74. The standard InChI is InChI=1S/C23H19F4N5O2S/c1-4-32-11(3)16(10(2)31-32)21(34)30-18-17-14(12-5-7-13(24)8-6-12)9-15(23(25,26)27)29-22(17)35-19(18)20(28)33/h5-9H,4H2,1-3H3,(H2,28,33)(H,30,34). The van der Waals surface area contributed by atoms with E-state index in [1.54, 1.807) is 18.5 Å².